The Balaban J connectivity index is 2.31. The Morgan fingerprint density at radius 1 is 1.42 bits per heavy atom. The highest BCUT2D eigenvalue weighted by Crippen LogP contribution is 2.55. The molecule has 1 fully saturated rings. The highest BCUT2D eigenvalue weighted by atomic mass is 79.9. The highest BCUT2D eigenvalue weighted by Gasteiger charge is 2.52. The zero-order chi connectivity index (χ0) is 8.60. The lowest BCUT2D eigenvalue weighted by atomic mass is 9.93. The van der Waals surface area contributed by atoms with Crippen LogP contribution in [0.5, 0.6) is 0 Å². The summed E-state index contributed by atoms with van der Waals surface area (Å²) in [6, 6.07) is 10.8. The minimum atomic E-state index is 0.460. The first-order valence-corrected chi connectivity index (χ1v) is 5.41. The van der Waals surface area contributed by atoms with Crippen molar-refractivity contribution in [1.82, 2.24) is 0 Å². The molecule has 2 unspecified atom stereocenters. The monoisotopic (exact) mass is 224 g/mol. The van der Waals surface area contributed by atoms with Crippen molar-refractivity contribution in [3.63, 3.8) is 0 Å². The van der Waals surface area contributed by atoms with Gasteiger partial charge in [0.1, 0.15) is 0 Å². The summed E-state index contributed by atoms with van der Waals surface area (Å²) in [7, 11) is 0. The van der Waals surface area contributed by atoms with E-state index in [0.717, 1.165) is 0 Å². The largest absolute Gasteiger partial charge is 0.0881 e. The first kappa shape index (κ1) is 8.31. The minimum Gasteiger partial charge on any atom is -0.0881 e. The van der Waals surface area contributed by atoms with Crippen LogP contribution in [0, 0.1) is 0 Å². The molecule has 2 atom stereocenters. The van der Waals surface area contributed by atoms with Crippen LogP contribution >= 0.6 is 15.9 Å². The molecular weight excluding hydrogens is 212 g/mol. The summed E-state index contributed by atoms with van der Waals surface area (Å²) < 4.78 is 0. The van der Waals surface area contributed by atoms with Crippen LogP contribution < -0.4 is 0 Å². The Labute approximate surface area is 82.1 Å². The Kier molecular flexibility index (Phi) is 1.99. The van der Waals surface area contributed by atoms with Crippen LogP contribution in [0.3, 0.4) is 0 Å². The van der Waals surface area contributed by atoms with Crippen molar-refractivity contribution in [3.8, 4) is 0 Å². The van der Waals surface area contributed by atoms with Crippen LogP contribution in [0.15, 0.2) is 30.3 Å². The van der Waals surface area contributed by atoms with Gasteiger partial charge >= 0.3 is 0 Å². The zero-order valence-electron chi connectivity index (χ0n) is 7.26. The van der Waals surface area contributed by atoms with Gasteiger partial charge in [0.05, 0.1) is 0 Å². The van der Waals surface area contributed by atoms with Gasteiger partial charge in [0, 0.05) is 10.2 Å². The molecule has 1 aliphatic carbocycles. The van der Waals surface area contributed by atoms with Gasteiger partial charge < -0.3 is 0 Å². The van der Waals surface area contributed by atoms with Crippen LogP contribution in [0.4, 0.5) is 0 Å². The molecule has 1 heteroatoms. The van der Waals surface area contributed by atoms with E-state index in [4.69, 9.17) is 0 Å². The van der Waals surface area contributed by atoms with E-state index in [9.17, 15) is 0 Å². The van der Waals surface area contributed by atoms with Crippen LogP contribution in [-0.4, -0.2) is 4.83 Å². The number of hydrogen-bond donors (Lipinski definition) is 0. The van der Waals surface area contributed by atoms with E-state index in [2.05, 4.69) is 53.2 Å². The lowest BCUT2D eigenvalue weighted by Gasteiger charge is -2.12. The van der Waals surface area contributed by atoms with Gasteiger partial charge in [0.2, 0.25) is 0 Å². The molecule has 1 aliphatic rings. The second-order valence-electron chi connectivity index (χ2n) is 3.55. The molecule has 0 aliphatic heterocycles. The molecule has 0 spiro atoms. The normalized spacial score (nSPS) is 33.3. The second kappa shape index (κ2) is 2.88. The topological polar surface area (TPSA) is 0 Å². The standard InChI is InChI=1S/C11H13Br/c1-2-11(8-10(11)12)9-6-4-3-5-7-9/h3-7,10H,2,8H2,1H3. The summed E-state index contributed by atoms with van der Waals surface area (Å²) in [6.45, 7) is 2.27. The zero-order valence-corrected chi connectivity index (χ0v) is 8.84. The number of rotatable bonds is 2. The first-order chi connectivity index (χ1) is 5.79. The van der Waals surface area contributed by atoms with Crippen molar-refractivity contribution in [2.75, 3.05) is 0 Å². The fourth-order valence-corrected chi connectivity index (χ4v) is 3.07. The van der Waals surface area contributed by atoms with Crippen LogP contribution in [-0.2, 0) is 5.41 Å². The third-order valence-corrected chi connectivity index (χ3v) is 4.16. The Morgan fingerprint density at radius 2 is 2.00 bits per heavy atom. The van der Waals surface area contributed by atoms with Crippen LogP contribution in [0.1, 0.15) is 25.3 Å². The van der Waals surface area contributed by atoms with Crippen LogP contribution in [0.25, 0.3) is 0 Å². The molecule has 1 saturated carbocycles. The van der Waals surface area contributed by atoms with E-state index in [1.165, 1.54) is 18.4 Å². The lowest BCUT2D eigenvalue weighted by Crippen LogP contribution is -2.07. The van der Waals surface area contributed by atoms with E-state index < -0.39 is 0 Å². The minimum absolute atomic E-state index is 0.460. The average Bonchev–Trinajstić information content (AvgIpc) is 2.80. The quantitative estimate of drug-likeness (QED) is 0.675. The summed E-state index contributed by atoms with van der Waals surface area (Å²) in [4.78, 5) is 0.706. The number of benzene rings is 1. The molecule has 0 nitrogen and oxygen atoms in total. The molecule has 0 amide bonds. The van der Waals surface area contributed by atoms with Crippen molar-refractivity contribution in [1.29, 1.82) is 0 Å². The van der Waals surface area contributed by atoms with Gasteiger partial charge in [-0.15, -0.1) is 0 Å². The number of hydrogen-bond acceptors (Lipinski definition) is 0. The van der Waals surface area contributed by atoms with Crippen LogP contribution in [0.2, 0.25) is 0 Å². The average molecular weight is 225 g/mol. The van der Waals surface area contributed by atoms with Gasteiger partial charge in [-0.1, -0.05) is 53.2 Å². The fourth-order valence-electron chi connectivity index (χ4n) is 1.90. The van der Waals surface area contributed by atoms with E-state index in [1.54, 1.807) is 0 Å². The van der Waals surface area contributed by atoms with Crippen molar-refractivity contribution < 1.29 is 0 Å². The van der Waals surface area contributed by atoms with Crippen molar-refractivity contribution in [2.45, 2.75) is 30.0 Å². The second-order valence-corrected chi connectivity index (χ2v) is 4.65. The molecule has 1 aromatic carbocycles. The summed E-state index contributed by atoms with van der Waals surface area (Å²) in [5, 5.41) is 0. The summed E-state index contributed by atoms with van der Waals surface area (Å²) in [5.41, 5.74) is 1.95. The van der Waals surface area contributed by atoms with Gasteiger partial charge in [-0.25, -0.2) is 0 Å². The molecular formula is C11H13Br. The maximum Gasteiger partial charge on any atom is 0.0251 e. The van der Waals surface area contributed by atoms with Gasteiger partial charge in [0.15, 0.2) is 0 Å². The molecule has 0 radical (unpaired) electrons. The van der Waals surface area contributed by atoms with E-state index in [1.807, 2.05) is 0 Å². The molecule has 0 aromatic heterocycles. The highest BCUT2D eigenvalue weighted by molar-refractivity contribution is 9.09. The molecule has 0 heterocycles. The smallest absolute Gasteiger partial charge is 0.0251 e. The van der Waals surface area contributed by atoms with E-state index >= 15 is 0 Å². The third-order valence-electron chi connectivity index (χ3n) is 2.96. The van der Waals surface area contributed by atoms with Crippen molar-refractivity contribution in [3.05, 3.63) is 35.9 Å². The molecule has 1 aromatic rings. The lowest BCUT2D eigenvalue weighted by molar-refractivity contribution is 0.670. The van der Waals surface area contributed by atoms with Gasteiger partial charge in [-0.3, -0.25) is 0 Å². The molecule has 0 saturated heterocycles. The molecule has 2 rings (SSSR count). The predicted molar refractivity (Wildman–Crippen MR) is 55.7 cm³/mol. The number of halogens is 1. The summed E-state index contributed by atoms with van der Waals surface area (Å²) in [5.74, 6) is 0. The Bertz CT molecular complexity index is 264. The Morgan fingerprint density at radius 3 is 2.42 bits per heavy atom. The Hall–Kier alpha value is -0.300. The summed E-state index contributed by atoms with van der Waals surface area (Å²) >= 11 is 3.70. The molecule has 0 bridgehead atoms. The first-order valence-electron chi connectivity index (χ1n) is 4.49. The van der Waals surface area contributed by atoms with Gasteiger partial charge in [-0.2, -0.15) is 0 Å². The van der Waals surface area contributed by atoms with E-state index in [0.29, 0.717) is 10.2 Å². The SMILES string of the molecule is CCC1(c2ccccc2)CC1Br. The van der Waals surface area contributed by atoms with E-state index in [-0.39, 0.29) is 0 Å². The molecule has 0 N–H and O–H groups in total. The maximum absolute atomic E-state index is 3.70. The van der Waals surface area contributed by atoms with Gasteiger partial charge in [0.25, 0.3) is 0 Å². The molecule has 12 heavy (non-hydrogen) atoms. The number of alkyl halides is 1. The molecule has 64 valence electrons. The van der Waals surface area contributed by atoms with Crippen molar-refractivity contribution in [2.24, 2.45) is 0 Å². The van der Waals surface area contributed by atoms with Gasteiger partial charge in [-0.05, 0) is 18.4 Å². The predicted octanol–water partition coefficient (Wildman–Crippen LogP) is 3.50. The maximum atomic E-state index is 3.70. The third kappa shape index (κ3) is 1.11. The fraction of sp³-hybridized carbons (Fsp3) is 0.455. The summed E-state index contributed by atoms with van der Waals surface area (Å²) in [6.07, 6.45) is 2.54. The van der Waals surface area contributed by atoms with Crippen molar-refractivity contribution >= 4 is 15.9 Å².